The lowest BCUT2D eigenvalue weighted by atomic mass is 10.0. The number of hydrogen-bond acceptors (Lipinski definition) is 12. The van der Waals surface area contributed by atoms with Crippen LogP contribution in [0.4, 0.5) is 0 Å². The molecule has 12 heteroatoms. The molecule has 0 atom stereocenters. The molecule has 0 nitrogen and oxygen atoms in total. The molecular weight excluding hydrogens is 1780 g/mol. The molecule has 0 unspecified atom stereocenters. The van der Waals surface area contributed by atoms with Gasteiger partial charge in [0, 0.05) is 97.5 Å². The summed E-state index contributed by atoms with van der Waals surface area (Å²) in [6.45, 7) is 18.7. The van der Waals surface area contributed by atoms with E-state index in [2.05, 4.69) is 232 Å². The Balaban J connectivity index is 0.816. The first-order chi connectivity index (χ1) is 63.2. The Morgan fingerprint density at radius 1 is 0.164 bits per heavy atom. The van der Waals surface area contributed by atoms with Crippen LogP contribution in [0.3, 0.4) is 0 Å². The topological polar surface area (TPSA) is 0 Å². The third kappa shape index (κ3) is 32.1. The molecule has 128 heavy (non-hydrogen) atoms. The van der Waals surface area contributed by atoms with Gasteiger partial charge in [-0.15, -0.1) is 136 Å². The van der Waals surface area contributed by atoms with Crippen molar-refractivity contribution < 1.29 is 0 Å². The van der Waals surface area contributed by atoms with Gasteiger partial charge in [-0.3, -0.25) is 0 Å². The van der Waals surface area contributed by atoms with Crippen LogP contribution in [0.5, 0.6) is 0 Å². The van der Waals surface area contributed by atoms with Gasteiger partial charge in [0.15, 0.2) is 0 Å². The number of aryl methyl sites for hydroxylation is 8. The van der Waals surface area contributed by atoms with Gasteiger partial charge in [0.05, 0.1) is 9.75 Å². The Hall–Kier alpha value is -4.48. The van der Waals surface area contributed by atoms with Crippen LogP contribution < -0.4 is 0 Å². The van der Waals surface area contributed by atoms with Gasteiger partial charge in [0.1, 0.15) is 0 Å². The van der Waals surface area contributed by atoms with E-state index in [0.29, 0.717) is 0 Å². The Morgan fingerprint density at radius 3 is 0.586 bits per heavy atom. The van der Waals surface area contributed by atoms with E-state index < -0.39 is 0 Å². The SMILES string of the molecule is CCCCCCCCc1ccsc1-c1cc(CCCCCCCC)c(-c2ccc(-c3ccc(-c4sc(-c5sc(C#CC#Cc6cc(CCCCCCCC)c(-c7cc(CCCCCCCC)c(-c8ccc(-c9ccc(-c%10sc(-c%11sccc%11CCCCCCCC)cc%10CCCCCCCC)s9)s8)s7)s6)cc5CCCCCCCC)cc4CCCCCCCC)s3)s2)s1. The summed E-state index contributed by atoms with van der Waals surface area (Å²) in [7, 11) is 0. The molecule has 0 fully saturated rings. The molecule has 12 aromatic heterocycles. The molecule has 0 aliphatic rings. The molecule has 0 saturated carbocycles. The van der Waals surface area contributed by atoms with E-state index in [1.165, 1.54) is 454 Å². The highest BCUT2D eigenvalue weighted by Crippen LogP contribution is 2.53. The number of hydrogen-bond donors (Lipinski definition) is 0. The molecule has 0 amide bonds. The van der Waals surface area contributed by atoms with E-state index in [1.54, 1.807) is 22.3 Å². The molecule has 0 aliphatic carbocycles. The maximum Gasteiger partial charge on any atom is 0.0788 e. The van der Waals surface area contributed by atoms with E-state index in [0.717, 1.165) is 35.4 Å². The molecule has 0 aliphatic heterocycles. The van der Waals surface area contributed by atoms with Gasteiger partial charge < -0.3 is 0 Å². The second-order valence-corrected chi connectivity index (χ2v) is 49.1. The largest absolute Gasteiger partial charge is 0.143 e. The van der Waals surface area contributed by atoms with Crippen molar-refractivity contribution in [1.82, 2.24) is 0 Å². The molecule has 0 spiro atoms. The van der Waals surface area contributed by atoms with Crippen LogP contribution in [-0.2, 0) is 51.4 Å². The van der Waals surface area contributed by atoms with Crippen molar-refractivity contribution in [2.75, 3.05) is 0 Å². The Labute approximate surface area is 826 Å². The fourth-order valence-corrected chi connectivity index (χ4v) is 32.6. The summed E-state index contributed by atoms with van der Waals surface area (Å²) in [5, 5.41) is 4.72. The summed E-state index contributed by atoms with van der Waals surface area (Å²) >= 11 is 24.2. The van der Waals surface area contributed by atoms with Crippen molar-refractivity contribution in [3.63, 3.8) is 0 Å². The minimum absolute atomic E-state index is 1.09. The average molecular weight is 1930 g/mol. The molecule has 0 saturated heterocycles. The molecule has 0 aromatic carbocycles. The summed E-state index contributed by atoms with van der Waals surface area (Å²) < 4.78 is 0. The van der Waals surface area contributed by atoms with Gasteiger partial charge in [0.25, 0.3) is 0 Å². The zero-order valence-electron chi connectivity index (χ0n) is 79.9. The molecule has 12 rings (SSSR count). The minimum Gasteiger partial charge on any atom is -0.143 e. The van der Waals surface area contributed by atoms with E-state index in [4.69, 9.17) is 0 Å². The lowest BCUT2D eigenvalue weighted by molar-refractivity contribution is 0.608. The Morgan fingerprint density at radius 2 is 0.352 bits per heavy atom. The summed E-state index contributed by atoms with van der Waals surface area (Å²) in [5.74, 6) is 14.4. The Bertz CT molecular complexity index is 4880. The lowest BCUT2D eigenvalue weighted by Crippen LogP contribution is -1.87. The zero-order valence-corrected chi connectivity index (χ0v) is 89.7. The van der Waals surface area contributed by atoms with Crippen molar-refractivity contribution in [3.05, 3.63) is 162 Å². The van der Waals surface area contributed by atoms with Crippen LogP contribution in [0.2, 0.25) is 0 Å². The van der Waals surface area contributed by atoms with Gasteiger partial charge >= 0.3 is 0 Å². The van der Waals surface area contributed by atoms with Crippen molar-refractivity contribution in [2.45, 2.75) is 415 Å². The summed E-state index contributed by atoms with van der Waals surface area (Å²) in [5.41, 5.74) is 12.3. The molecule has 0 N–H and O–H groups in total. The maximum absolute atomic E-state index is 3.71. The quantitative estimate of drug-likeness (QED) is 0.0263. The van der Waals surface area contributed by atoms with Crippen molar-refractivity contribution in [2.24, 2.45) is 0 Å². The van der Waals surface area contributed by atoms with Crippen LogP contribution >= 0.6 is 136 Å². The minimum atomic E-state index is 1.09. The van der Waals surface area contributed by atoms with E-state index in [-0.39, 0.29) is 0 Å². The van der Waals surface area contributed by atoms with Gasteiger partial charge in [-0.1, -0.05) is 312 Å². The first kappa shape index (κ1) is 102. The smallest absolute Gasteiger partial charge is 0.0788 e. The van der Waals surface area contributed by atoms with Crippen LogP contribution in [0.1, 0.15) is 418 Å². The lowest BCUT2D eigenvalue weighted by Gasteiger charge is -2.03. The summed E-state index contributed by atoms with van der Waals surface area (Å²) in [4.78, 5) is 31.3. The third-order valence-electron chi connectivity index (χ3n) is 25.9. The fraction of sp³-hybridized carbons (Fsp3) is 0.552. The van der Waals surface area contributed by atoms with Crippen LogP contribution in [0.15, 0.2) is 108 Å². The van der Waals surface area contributed by atoms with Gasteiger partial charge in [-0.25, -0.2) is 0 Å². The van der Waals surface area contributed by atoms with E-state index >= 15 is 0 Å². The van der Waals surface area contributed by atoms with Crippen LogP contribution in [-0.4, -0.2) is 0 Å². The predicted octanol–water partition coefficient (Wildman–Crippen LogP) is 43.7. The molecule has 0 radical (unpaired) electrons. The highest BCUT2D eigenvalue weighted by Gasteiger charge is 2.26. The van der Waals surface area contributed by atoms with Crippen molar-refractivity contribution in [3.8, 4) is 121 Å². The van der Waals surface area contributed by atoms with E-state index in [9.17, 15) is 0 Å². The van der Waals surface area contributed by atoms with Crippen LogP contribution in [0, 0.1) is 23.7 Å². The number of unbranched alkanes of at least 4 members (excludes halogenated alkanes) is 40. The first-order valence-corrected chi connectivity index (χ1v) is 61.5. The molecule has 690 valence electrons. The van der Waals surface area contributed by atoms with Crippen molar-refractivity contribution in [1.29, 1.82) is 0 Å². The predicted molar refractivity (Wildman–Crippen MR) is 592 cm³/mol. The molecular formula is C116H154S12. The zero-order chi connectivity index (χ0) is 89.0. The second kappa shape index (κ2) is 58.7. The third-order valence-corrected chi connectivity index (χ3v) is 40.9. The van der Waals surface area contributed by atoms with E-state index in [1.807, 2.05) is 90.7 Å². The monoisotopic (exact) mass is 1930 g/mol. The molecule has 12 heterocycles. The summed E-state index contributed by atoms with van der Waals surface area (Å²) in [6.07, 6.45) is 72.4. The van der Waals surface area contributed by atoms with Gasteiger partial charge in [-0.05, 0) is 279 Å². The Kier molecular flexibility index (Phi) is 47.0. The second-order valence-electron chi connectivity index (χ2n) is 36.6. The number of thiophene rings is 12. The van der Waals surface area contributed by atoms with Gasteiger partial charge in [0.2, 0.25) is 0 Å². The maximum atomic E-state index is 3.71. The van der Waals surface area contributed by atoms with Gasteiger partial charge in [-0.2, -0.15) is 0 Å². The first-order valence-electron chi connectivity index (χ1n) is 51.5. The number of rotatable bonds is 66. The van der Waals surface area contributed by atoms with Crippen LogP contribution in [0.25, 0.3) is 97.5 Å². The normalized spacial score (nSPS) is 11.7. The highest BCUT2D eigenvalue weighted by molar-refractivity contribution is 7.32. The van der Waals surface area contributed by atoms with Crippen molar-refractivity contribution >= 4 is 136 Å². The fourth-order valence-electron chi connectivity index (χ4n) is 18.3. The standard InChI is InChI=1S/C116H154S12/c1-9-17-25-33-41-49-59-87-77-79-117-109(87)105-83-91(63-53-45-37-29-21-13-5)111(125-105)101-73-69-97(121-101)99-71-75-103(123-99)113-93(65-55-47-39-31-23-15-7)85-107(127-113)115-89(61-51-43-35-27-19-11-3)81-95(119-115)67-57-58-68-96-82-90(62-52-44-36-28-20-12-4)116(120-96)108-86-94(66-56-48-40-32-24-16-8)114(128-108)104-76-72-100(124-104)98-70-74-102(122-98)112-92(64-54-46-38-30-22-14-6)84-106(126-112)110-88(78-80-118-110)60-50-42-34-26-18-10-2/h69-86H,9-56,59-66H2,1-8H3. The summed E-state index contributed by atoms with van der Waals surface area (Å²) in [6, 6.07) is 40.0. The average Bonchev–Trinajstić information content (AvgIpc) is 1.64. The molecule has 0 bridgehead atoms. The molecule has 12 aromatic rings. The highest BCUT2D eigenvalue weighted by atomic mass is 32.1.